The highest BCUT2D eigenvalue weighted by Crippen LogP contribution is 2.07. The standard InChI is InChI=1S/C15H14N4O2S/c1-9-4-3-5-13-16-7-12(15(21)19(9)13)14(20)17-6-11-8-22-10(2)18-11/h3-5,7-8H,6H2,1-2H3,(H,17,20). The first kappa shape index (κ1) is 14.4. The second-order valence-corrected chi connectivity index (χ2v) is 5.94. The van der Waals surface area contributed by atoms with Crippen LogP contribution in [0.3, 0.4) is 0 Å². The number of carbonyl (C=O) groups is 1. The van der Waals surface area contributed by atoms with E-state index in [1.54, 1.807) is 19.1 Å². The van der Waals surface area contributed by atoms with Crippen LogP contribution in [0.5, 0.6) is 0 Å². The minimum atomic E-state index is -0.444. The largest absolute Gasteiger partial charge is 0.346 e. The van der Waals surface area contributed by atoms with Crippen molar-refractivity contribution in [3.05, 3.63) is 62.1 Å². The lowest BCUT2D eigenvalue weighted by Crippen LogP contribution is -2.32. The molecular weight excluding hydrogens is 300 g/mol. The minimum Gasteiger partial charge on any atom is -0.346 e. The Bertz CT molecular complexity index is 913. The first-order chi connectivity index (χ1) is 10.6. The molecule has 0 bridgehead atoms. The van der Waals surface area contributed by atoms with Crippen molar-refractivity contribution in [2.75, 3.05) is 0 Å². The number of hydrogen-bond acceptors (Lipinski definition) is 5. The van der Waals surface area contributed by atoms with Gasteiger partial charge < -0.3 is 5.32 Å². The van der Waals surface area contributed by atoms with Gasteiger partial charge in [0.15, 0.2) is 0 Å². The SMILES string of the molecule is Cc1nc(CNC(=O)c2cnc3cccc(C)n3c2=O)cs1. The molecule has 0 radical (unpaired) electrons. The van der Waals surface area contributed by atoms with Crippen LogP contribution in [0.25, 0.3) is 5.65 Å². The van der Waals surface area contributed by atoms with E-state index in [0.717, 1.165) is 16.4 Å². The highest BCUT2D eigenvalue weighted by atomic mass is 32.1. The molecule has 6 nitrogen and oxygen atoms in total. The molecule has 3 aromatic heterocycles. The molecule has 3 rings (SSSR count). The Labute approximate surface area is 130 Å². The fraction of sp³-hybridized carbons (Fsp3) is 0.200. The van der Waals surface area contributed by atoms with Gasteiger partial charge in [-0.25, -0.2) is 9.97 Å². The molecule has 0 unspecified atom stereocenters. The predicted molar refractivity (Wildman–Crippen MR) is 84.2 cm³/mol. The maximum Gasteiger partial charge on any atom is 0.270 e. The van der Waals surface area contributed by atoms with E-state index < -0.39 is 5.91 Å². The Balaban J connectivity index is 1.89. The van der Waals surface area contributed by atoms with Gasteiger partial charge in [0.2, 0.25) is 0 Å². The lowest BCUT2D eigenvalue weighted by Gasteiger charge is -2.07. The van der Waals surface area contributed by atoms with E-state index in [1.807, 2.05) is 18.4 Å². The Morgan fingerprint density at radius 2 is 2.18 bits per heavy atom. The van der Waals surface area contributed by atoms with Gasteiger partial charge in [0.25, 0.3) is 11.5 Å². The molecule has 3 heterocycles. The summed E-state index contributed by atoms with van der Waals surface area (Å²) in [4.78, 5) is 33.1. The van der Waals surface area contributed by atoms with E-state index in [1.165, 1.54) is 21.9 Å². The second kappa shape index (κ2) is 5.69. The Hall–Kier alpha value is -2.54. The zero-order valence-electron chi connectivity index (χ0n) is 12.2. The molecule has 0 spiro atoms. The van der Waals surface area contributed by atoms with Crippen LogP contribution in [0, 0.1) is 13.8 Å². The highest BCUT2D eigenvalue weighted by Gasteiger charge is 2.14. The van der Waals surface area contributed by atoms with Crippen LogP contribution in [-0.2, 0) is 6.54 Å². The first-order valence-corrected chi connectivity index (χ1v) is 7.61. The van der Waals surface area contributed by atoms with Crippen molar-refractivity contribution in [2.24, 2.45) is 0 Å². The predicted octanol–water partition coefficient (Wildman–Crippen LogP) is 1.70. The lowest BCUT2D eigenvalue weighted by molar-refractivity contribution is 0.0948. The average molecular weight is 314 g/mol. The molecule has 0 aliphatic heterocycles. The molecule has 22 heavy (non-hydrogen) atoms. The molecule has 0 saturated carbocycles. The van der Waals surface area contributed by atoms with Crippen molar-refractivity contribution in [2.45, 2.75) is 20.4 Å². The fourth-order valence-electron chi connectivity index (χ4n) is 2.19. The minimum absolute atomic E-state index is 0.0266. The van der Waals surface area contributed by atoms with E-state index in [4.69, 9.17) is 0 Å². The molecular formula is C15H14N4O2S. The van der Waals surface area contributed by atoms with E-state index in [2.05, 4.69) is 15.3 Å². The first-order valence-electron chi connectivity index (χ1n) is 6.73. The van der Waals surface area contributed by atoms with Gasteiger partial charge in [-0.05, 0) is 26.0 Å². The van der Waals surface area contributed by atoms with Crippen molar-refractivity contribution in [1.82, 2.24) is 19.7 Å². The summed E-state index contributed by atoms with van der Waals surface area (Å²) in [5.74, 6) is -0.444. The fourth-order valence-corrected chi connectivity index (χ4v) is 2.80. The van der Waals surface area contributed by atoms with Crippen molar-refractivity contribution in [3.8, 4) is 0 Å². The zero-order valence-corrected chi connectivity index (χ0v) is 13.0. The Morgan fingerprint density at radius 1 is 1.36 bits per heavy atom. The van der Waals surface area contributed by atoms with Crippen molar-refractivity contribution >= 4 is 22.9 Å². The van der Waals surface area contributed by atoms with Gasteiger partial charge in [-0.3, -0.25) is 14.0 Å². The molecule has 0 aliphatic carbocycles. The van der Waals surface area contributed by atoms with Gasteiger partial charge >= 0.3 is 0 Å². The molecule has 0 aromatic carbocycles. The molecule has 0 atom stereocenters. The van der Waals surface area contributed by atoms with Gasteiger partial charge in [0.1, 0.15) is 11.2 Å². The van der Waals surface area contributed by atoms with Crippen LogP contribution in [0.1, 0.15) is 26.8 Å². The molecule has 1 N–H and O–H groups in total. The highest BCUT2D eigenvalue weighted by molar-refractivity contribution is 7.09. The van der Waals surface area contributed by atoms with Crippen LogP contribution < -0.4 is 10.9 Å². The molecule has 112 valence electrons. The molecule has 3 aromatic rings. The van der Waals surface area contributed by atoms with Crippen LogP contribution in [0.15, 0.2) is 34.6 Å². The van der Waals surface area contributed by atoms with Crippen molar-refractivity contribution in [3.63, 3.8) is 0 Å². The summed E-state index contributed by atoms with van der Waals surface area (Å²) < 4.78 is 1.43. The smallest absolute Gasteiger partial charge is 0.270 e. The molecule has 0 fully saturated rings. The maximum atomic E-state index is 12.5. The van der Waals surface area contributed by atoms with Crippen molar-refractivity contribution in [1.29, 1.82) is 0 Å². The number of thiazole rings is 1. The van der Waals surface area contributed by atoms with E-state index >= 15 is 0 Å². The topological polar surface area (TPSA) is 76.4 Å². The number of rotatable bonds is 3. The number of aromatic nitrogens is 3. The Kier molecular flexibility index (Phi) is 3.72. The maximum absolute atomic E-state index is 12.5. The van der Waals surface area contributed by atoms with Crippen molar-refractivity contribution < 1.29 is 4.79 Å². The number of carbonyl (C=O) groups excluding carboxylic acids is 1. The van der Waals surface area contributed by atoms with Gasteiger partial charge in [0, 0.05) is 17.3 Å². The summed E-state index contributed by atoms with van der Waals surface area (Å²) in [7, 11) is 0. The summed E-state index contributed by atoms with van der Waals surface area (Å²) in [5, 5.41) is 5.52. The summed E-state index contributed by atoms with van der Waals surface area (Å²) in [6.45, 7) is 3.99. The van der Waals surface area contributed by atoms with E-state index in [9.17, 15) is 9.59 Å². The number of nitrogens with one attached hydrogen (secondary N) is 1. The zero-order chi connectivity index (χ0) is 15.7. The number of amides is 1. The summed E-state index contributed by atoms with van der Waals surface area (Å²) >= 11 is 1.52. The van der Waals surface area contributed by atoms with Crippen LogP contribution in [0.4, 0.5) is 0 Å². The molecule has 1 amide bonds. The summed E-state index contributed by atoms with van der Waals surface area (Å²) in [6.07, 6.45) is 1.32. The number of pyridine rings is 1. The third-order valence-electron chi connectivity index (χ3n) is 3.27. The second-order valence-electron chi connectivity index (χ2n) is 4.88. The van der Waals surface area contributed by atoms with Crippen LogP contribution >= 0.6 is 11.3 Å². The molecule has 0 saturated heterocycles. The normalized spacial score (nSPS) is 10.8. The number of fused-ring (bicyclic) bond motifs is 1. The van der Waals surface area contributed by atoms with E-state index in [0.29, 0.717) is 12.2 Å². The number of aryl methyl sites for hydroxylation is 2. The lowest BCUT2D eigenvalue weighted by atomic mass is 10.2. The van der Waals surface area contributed by atoms with E-state index in [-0.39, 0.29) is 11.1 Å². The van der Waals surface area contributed by atoms with Gasteiger partial charge in [-0.15, -0.1) is 11.3 Å². The third kappa shape index (κ3) is 2.62. The van der Waals surface area contributed by atoms with Crippen LogP contribution in [-0.4, -0.2) is 20.3 Å². The molecule has 0 aliphatic rings. The third-order valence-corrected chi connectivity index (χ3v) is 4.09. The number of hydrogen-bond donors (Lipinski definition) is 1. The number of nitrogens with zero attached hydrogens (tertiary/aromatic N) is 3. The monoisotopic (exact) mass is 314 g/mol. The summed E-state index contributed by atoms with van der Waals surface area (Å²) in [5.41, 5.74) is 1.70. The van der Waals surface area contributed by atoms with Crippen LogP contribution in [0.2, 0.25) is 0 Å². The molecule has 7 heteroatoms. The quantitative estimate of drug-likeness (QED) is 0.798. The van der Waals surface area contributed by atoms with Gasteiger partial charge in [-0.1, -0.05) is 6.07 Å². The average Bonchev–Trinajstić information content (AvgIpc) is 2.91. The van der Waals surface area contributed by atoms with Gasteiger partial charge in [-0.2, -0.15) is 0 Å². The van der Waals surface area contributed by atoms with Gasteiger partial charge in [0.05, 0.1) is 17.2 Å². The summed E-state index contributed by atoms with van der Waals surface area (Å²) in [6, 6.07) is 5.35. The Morgan fingerprint density at radius 3 is 2.91 bits per heavy atom.